The van der Waals surface area contributed by atoms with Crippen LogP contribution in [0.3, 0.4) is 0 Å². The van der Waals surface area contributed by atoms with E-state index in [9.17, 15) is 14.7 Å². The molecule has 2 heterocycles. The van der Waals surface area contributed by atoms with Crippen molar-refractivity contribution in [1.29, 1.82) is 0 Å². The third kappa shape index (κ3) is 4.03. The Hall–Kier alpha value is -3.03. The van der Waals surface area contributed by atoms with Crippen LogP contribution in [0.25, 0.3) is 11.1 Å². The summed E-state index contributed by atoms with van der Waals surface area (Å²) in [6.07, 6.45) is 0.913. The third-order valence-corrected chi connectivity index (χ3v) is 9.19. The summed E-state index contributed by atoms with van der Waals surface area (Å²) >= 11 is 0. The summed E-state index contributed by atoms with van der Waals surface area (Å²) in [5.41, 5.74) is 3.59. The van der Waals surface area contributed by atoms with Crippen molar-refractivity contribution in [2.45, 2.75) is 18.9 Å². The van der Waals surface area contributed by atoms with Crippen LogP contribution in [0.4, 0.5) is 5.69 Å². The van der Waals surface area contributed by atoms with Gasteiger partial charge in [-0.1, -0.05) is 42.5 Å². The molecule has 0 saturated carbocycles. The van der Waals surface area contributed by atoms with Crippen LogP contribution < -0.4 is 4.74 Å². The van der Waals surface area contributed by atoms with Gasteiger partial charge in [0.25, 0.3) is 0 Å². The van der Waals surface area contributed by atoms with E-state index in [1.54, 1.807) is 18.2 Å². The molecule has 3 aromatic rings. The summed E-state index contributed by atoms with van der Waals surface area (Å²) in [5, 5.41) is 11.8. The molecule has 0 spiro atoms. The average molecular weight is 477 g/mol. The third-order valence-electron chi connectivity index (χ3n) is 6.44. The zero-order valence-corrected chi connectivity index (χ0v) is 19.4. The van der Waals surface area contributed by atoms with E-state index in [2.05, 4.69) is 0 Å². The molecule has 3 aromatic carbocycles. The number of benzene rings is 3. The lowest BCUT2D eigenvalue weighted by molar-refractivity contribution is -0.385. The first-order chi connectivity index (χ1) is 16.5. The lowest BCUT2D eigenvalue weighted by atomic mass is 10.1. The van der Waals surface area contributed by atoms with E-state index in [1.807, 2.05) is 57.9 Å². The first-order valence-corrected chi connectivity index (χ1v) is 13.0. The monoisotopic (exact) mass is 477 g/mol. The van der Waals surface area contributed by atoms with Crippen molar-refractivity contribution >= 4 is 13.4 Å². The summed E-state index contributed by atoms with van der Waals surface area (Å²) in [5.74, 6) is 0.677. The van der Waals surface area contributed by atoms with Gasteiger partial charge in [0.15, 0.2) is 0 Å². The smallest absolute Gasteiger partial charge is 0.346 e. The zero-order chi connectivity index (χ0) is 23.3. The lowest BCUT2D eigenvalue weighted by Crippen LogP contribution is -2.11. The minimum absolute atomic E-state index is 0.0791. The van der Waals surface area contributed by atoms with Crippen molar-refractivity contribution < 1.29 is 18.7 Å². The van der Waals surface area contributed by atoms with Crippen LogP contribution in [0, 0.1) is 10.1 Å². The Labute approximate surface area is 197 Å². The van der Waals surface area contributed by atoms with Gasteiger partial charge in [0.2, 0.25) is 5.75 Å². The van der Waals surface area contributed by atoms with Crippen molar-refractivity contribution in [3.05, 3.63) is 88.0 Å². The average Bonchev–Trinajstić information content (AvgIpc) is 3.76. The Morgan fingerprint density at radius 1 is 0.912 bits per heavy atom. The number of ether oxygens (including phenoxy) is 1. The highest BCUT2D eigenvalue weighted by Gasteiger charge is 2.51. The minimum atomic E-state index is -3.01. The first kappa shape index (κ1) is 21.5. The summed E-state index contributed by atoms with van der Waals surface area (Å²) < 4.78 is 29.6. The maximum absolute atomic E-state index is 13.5. The topological polar surface area (TPSA) is 84.7 Å². The lowest BCUT2D eigenvalue weighted by Gasteiger charge is -2.24. The summed E-state index contributed by atoms with van der Waals surface area (Å²) in [6, 6.07) is 20.7. The van der Waals surface area contributed by atoms with Gasteiger partial charge in [-0.05, 0) is 53.3 Å². The van der Waals surface area contributed by atoms with E-state index in [0.717, 1.165) is 48.4 Å². The molecule has 8 nitrogen and oxygen atoms in total. The van der Waals surface area contributed by atoms with Crippen molar-refractivity contribution in [2.24, 2.45) is 0 Å². The maximum atomic E-state index is 13.5. The molecule has 0 N–H and O–H groups in total. The van der Waals surface area contributed by atoms with Crippen LogP contribution in [0.5, 0.6) is 11.5 Å². The largest absolute Gasteiger partial charge is 0.450 e. The molecule has 1 atom stereocenters. The number of rotatable bonds is 8. The van der Waals surface area contributed by atoms with Crippen molar-refractivity contribution in [2.75, 3.05) is 26.2 Å². The van der Waals surface area contributed by atoms with Crippen molar-refractivity contribution in [3.63, 3.8) is 0 Å². The van der Waals surface area contributed by atoms with Gasteiger partial charge < -0.3 is 4.74 Å². The van der Waals surface area contributed by atoms with Crippen molar-refractivity contribution in [3.8, 4) is 22.6 Å². The molecule has 0 amide bonds. The fraction of sp³-hybridized carbons (Fsp3) is 0.280. The van der Waals surface area contributed by atoms with Crippen LogP contribution in [-0.4, -0.2) is 40.4 Å². The first-order valence-electron chi connectivity index (χ1n) is 11.4. The van der Waals surface area contributed by atoms with E-state index in [4.69, 9.17) is 9.26 Å². The molecule has 0 aromatic heterocycles. The molecule has 2 saturated heterocycles. The van der Waals surface area contributed by atoms with Crippen LogP contribution in [-0.2, 0) is 15.5 Å². The van der Waals surface area contributed by atoms with Crippen LogP contribution in [0.2, 0.25) is 0 Å². The van der Waals surface area contributed by atoms with Gasteiger partial charge in [0.1, 0.15) is 5.75 Å². The number of nitro groups is 1. The van der Waals surface area contributed by atoms with E-state index in [0.29, 0.717) is 18.6 Å². The molecule has 6 rings (SSSR count). The minimum Gasteiger partial charge on any atom is -0.450 e. The molecular formula is C25H24N3O5P. The van der Waals surface area contributed by atoms with Gasteiger partial charge in [-0.15, -0.1) is 0 Å². The fourth-order valence-corrected chi connectivity index (χ4v) is 6.85. The molecule has 1 unspecified atom stereocenters. The van der Waals surface area contributed by atoms with Gasteiger partial charge in [-0.25, -0.2) is 9.34 Å². The predicted octanol–water partition coefficient (Wildman–Crippen LogP) is 5.80. The SMILES string of the molecule is O=[N+]([O-])c1cc2c(cc1Oc1cccc(-c3ccccc3)c1)C(OP(=O)(N1CC1)N1CC1)CC2. The summed E-state index contributed by atoms with van der Waals surface area (Å²) in [6.45, 7) is 3.11. The standard InChI is InChI=1S/C25H24N3O5P/c29-28(30)23-16-20-9-10-24(33-34(31,26-11-12-26)27-13-14-27)22(20)17-25(23)32-21-8-4-7-19(15-21)18-5-2-1-3-6-18/h1-8,15-17,24H,9-14H2. The summed E-state index contributed by atoms with van der Waals surface area (Å²) in [4.78, 5) is 11.4. The van der Waals surface area contributed by atoms with Gasteiger partial charge in [0, 0.05) is 32.2 Å². The van der Waals surface area contributed by atoms with Gasteiger partial charge >= 0.3 is 13.4 Å². The van der Waals surface area contributed by atoms with Crippen LogP contribution >= 0.6 is 7.67 Å². The Morgan fingerprint density at radius 3 is 2.29 bits per heavy atom. The number of hydrogen-bond donors (Lipinski definition) is 0. The number of aryl methyl sites for hydroxylation is 1. The highest BCUT2D eigenvalue weighted by molar-refractivity contribution is 7.54. The zero-order valence-electron chi connectivity index (χ0n) is 18.5. The molecule has 9 heteroatoms. The number of hydrogen-bond acceptors (Lipinski definition) is 5. The molecule has 0 radical (unpaired) electrons. The molecule has 0 bridgehead atoms. The molecule has 3 aliphatic rings. The molecule has 174 valence electrons. The van der Waals surface area contributed by atoms with Gasteiger partial charge in [-0.3, -0.25) is 19.2 Å². The number of nitrogens with zero attached hydrogens (tertiary/aromatic N) is 3. The van der Waals surface area contributed by atoms with E-state index in [1.165, 1.54) is 0 Å². The molecule has 2 aliphatic heterocycles. The second-order valence-corrected chi connectivity index (χ2v) is 11.1. The maximum Gasteiger partial charge on any atom is 0.346 e. The molecule has 2 fully saturated rings. The normalized spacial score (nSPS) is 19.6. The molecule has 34 heavy (non-hydrogen) atoms. The Bertz CT molecular complexity index is 1290. The number of nitro benzene ring substituents is 1. The van der Waals surface area contributed by atoms with E-state index < -0.39 is 12.6 Å². The van der Waals surface area contributed by atoms with Crippen molar-refractivity contribution in [1.82, 2.24) is 9.34 Å². The Kier molecular flexibility index (Phi) is 5.26. The number of fused-ring (bicyclic) bond motifs is 1. The van der Waals surface area contributed by atoms with Crippen LogP contribution in [0.1, 0.15) is 23.7 Å². The van der Waals surface area contributed by atoms with Gasteiger partial charge in [0.05, 0.1) is 11.0 Å². The predicted molar refractivity (Wildman–Crippen MR) is 128 cm³/mol. The van der Waals surface area contributed by atoms with Gasteiger partial charge in [-0.2, -0.15) is 0 Å². The Morgan fingerprint density at radius 2 is 1.62 bits per heavy atom. The second-order valence-electron chi connectivity index (χ2n) is 8.80. The van der Waals surface area contributed by atoms with Crippen LogP contribution in [0.15, 0.2) is 66.7 Å². The fourth-order valence-electron chi connectivity index (χ4n) is 4.49. The molecular weight excluding hydrogens is 453 g/mol. The summed E-state index contributed by atoms with van der Waals surface area (Å²) in [7, 11) is -3.01. The second kappa shape index (κ2) is 8.32. The highest BCUT2D eigenvalue weighted by atomic mass is 31.2. The van der Waals surface area contributed by atoms with E-state index >= 15 is 0 Å². The highest BCUT2D eigenvalue weighted by Crippen LogP contribution is 2.64. The Balaban J connectivity index is 1.32. The quantitative estimate of drug-likeness (QED) is 0.176. The van der Waals surface area contributed by atoms with E-state index in [-0.39, 0.29) is 17.5 Å². The molecule has 1 aliphatic carbocycles.